The lowest BCUT2D eigenvalue weighted by Gasteiger charge is -2.04. The van der Waals surface area contributed by atoms with E-state index in [-0.39, 0.29) is 11.2 Å². The zero-order valence-electron chi connectivity index (χ0n) is 14.8. The Labute approximate surface area is 157 Å². The van der Waals surface area contributed by atoms with E-state index in [9.17, 15) is 4.79 Å². The molecular weight excluding hydrogens is 344 g/mol. The molecule has 0 bridgehead atoms. The fourth-order valence-electron chi connectivity index (χ4n) is 2.98. The summed E-state index contributed by atoms with van der Waals surface area (Å²) in [6, 6.07) is 16.7. The summed E-state index contributed by atoms with van der Waals surface area (Å²) in [5.74, 6) is -0.153. The van der Waals surface area contributed by atoms with Crippen LogP contribution in [0.15, 0.2) is 53.7 Å². The summed E-state index contributed by atoms with van der Waals surface area (Å²) in [6.45, 7) is 4.64. The number of esters is 1. The third-order valence-electron chi connectivity index (χ3n) is 4.49. The molecule has 4 nitrogen and oxygen atoms in total. The fraction of sp³-hybridized carbons (Fsp3) is 0.238. The first kappa shape index (κ1) is 16.9. The summed E-state index contributed by atoms with van der Waals surface area (Å²) in [6.07, 6.45) is 0.726. The Morgan fingerprint density at radius 2 is 1.62 bits per heavy atom. The predicted molar refractivity (Wildman–Crippen MR) is 104 cm³/mol. The highest BCUT2D eigenvalue weighted by molar-refractivity contribution is 8.00. The van der Waals surface area contributed by atoms with E-state index >= 15 is 0 Å². The number of carbonyl (C=O) groups is 1. The first-order valence-corrected chi connectivity index (χ1v) is 9.55. The van der Waals surface area contributed by atoms with Crippen molar-refractivity contribution >= 4 is 17.7 Å². The molecule has 132 valence electrons. The van der Waals surface area contributed by atoms with Crippen molar-refractivity contribution in [2.75, 3.05) is 6.61 Å². The van der Waals surface area contributed by atoms with Gasteiger partial charge in [-0.15, -0.1) is 0 Å². The second kappa shape index (κ2) is 7.00. The van der Waals surface area contributed by atoms with Crippen molar-refractivity contribution in [2.45, 2.75) is 30.7 Å². The fourth-order valence-corrected chi connectivity index (χ4v) is 3.93. The second-order valence-corrected chi connectivity index (χ2v) is 7.75. The van der Waals surface area contributed by atoms with Gasteiger partial charge >= 0.3 is 5.97 Å². The highest BCUT2D eigenvalue weighted by Crippen LogP contribution is 2.35. The molecule has 0 unspecified atom stereocenters. The Bertz CT molecular complexity index is 867. The highest BCUT2D eigenvalue weighted by atomic mass is 32.2. The van der Waals surface area contributed by atoms with Gasteiger partial charge in [-0.3, -0.25) is 4.79 Å². The van der Waals surface area contributed by atoms with Gasteiger partial charge in [-0.25, -0.2) is 4.98 Å². The molecule has 2 aromatic carbocycles. The first-order valence-electron chi connectivity index (χ1n) is 8.67. The van der Waals surface area contributed by atoms with Crippen LogP contribution in [0.3, 0.4) is 0 Å². The van der Waals surface area contributed by atoms with Crippen LogP contribution in [-0.2, 0) is 9.53 Å². The van der Waals surface area contributed by atoms with Crippen molar-refractivity contribution in [3.8, 4) is 22.5 Å². The van der Waals surface area contributed by atoms with E-state index in [1.807, 2.05) is 0 Å². The smallest absolute Gasteiger partial charge is 0.319 e. The number of nitrogens with one attached hydrogen (secondary N) is 1. The van der Waals surface area contributed by atoms with E-state index in [0.29, 0.717) is 6.61 Å². The van der Waals surface area contributed by atoms with E-state index in [2.05, 4.69) is 67.4 Å². The molecule has 1 aliphatic rings. The summed E-state index contributed by atoms with van der Waals surface area (Å²) >= 11 is 1.45. The zero-order valence-corrected chi connectivity index (χ0v) is 15.6. The maximum Gasteiger partial charge on any atom is 0.319 e. The Balaban J connectivity index is 1.75. The minimum Gasteiger partial charge on any atom is -0.465 e. The van der Waals surface area contributed by atoms with E-state index < -0.39 is 0 Å². The molecular formula is C21H20N2O2S. The average molecular weight is 364 g/mol. The van der Waals surface area contributed by atoms with Crippen LogP contribution in [-0.4, -0.2) is 27.8 Å². The number of thioether (sulfide) groups is 1. The van der Waals surface area contributed by atoms with Gasteiger partial charge in [0.15, 0.2) is 5.16 Å². The average Bonchev–Trinajstić information content (AvgIpc) is 3.23. The third kappa shape index (κ3) is 3.40. The monoisotopic (exact) mass is 364 g/mol. The second-order valence-electron chi connectivity index (χ2n) is 6.56. The zero-order chi connectivity index (χ0) is 18.1. The molecule has 0 radical (unpaired) electrons. The van der Waals surface area contributed by atoms with Gasteiger partial charge in [0.1, 0.15) is 5.25 Å². The van der Waals surface area contributed by atoms with Crippen LogP contribution < -0.4 is 0 Å². The van der Waals surface area contributed by atoms with Gasteiger partial charge in [-0.05, 0) is 13.8 Å². The Hall–Kier alpha value is -2.53. The molecule has 0 spiro atoms. The maximum absolute atomic E-state index is 11.8. The minimum atomic E-state index is -0.183. The van der Waals surface area contributed by atoms with E-state index in [1.165, 1.54) is 22.9 Å². The van der Waals surface area contributed by atoms with Crippen LogP contribution in [0, 0.1) is 13.8 Å². The number of aromatic nitrogens is 2. The van der Waals surface area contributed by atoms with Gasteiger partial charge < -0.3 is 9.72 Å². The molecule has 1 fully saturated rings. The number of aromatic amines is 1. The lowest BCUT2D eigenvalue weighted by molar-refractivity contribution is -0.137. The molecule has 5 heteroatoms. The topological polar surface area (TPSA) is 55.0 Å². The normalized spacial score (nSPS) is 16.7. The SMILES string of the molecule is Cc1ccc(-c2nc(S[C@@H]3CCOC3=O)[nH]c2-c2ccc(C)cc2)cc1. The van der Waals surface area contributed by atoms with E-state index in [1.54, 1.807) is 0 Å². The van der Waals surface area contributed by atoms with E-state index in [4.69, 9.17) is 9.72 Å². The van der Waals surface area contributed by atoms with Gasteiger partial charge in [0.05, 0.1) is 18.0 Å². The quantitative estimate of drug-likeness (QED) is 0.678. The van der Waals surface area contributed by atoms with Crippen LogP contribution in [0.2, 0.25) is 0 Å². The maximum atomic E-state index is 11.8. The van der Waals surface area contributed by atoms with Crippen LogP contribution in [0.1, 0.15) is 17.5 Å². The Morgan fingerprint density at radius 3 is 2.19 bits per heavy atom. The van der Waals surface area contributed by atoms with Crippen LogP contribution >= 0.6 is 11.8 Å². The molecule has 3 aromatic rings. The number of benzene rings is 2. The van der Waals surface area contributed by atoms with Crippen molar-refractivity contribution in [3.63, 3.8) is 0 Å². The largest absolute Gasteiger partial charge is 0.465 e. The Kier molecular flexibility index (Phi) is 4.55. The molecule has 1 N–H and O–H groups in total. The number of rotatable bonds is 4. The number of cyclic esters (lactones) is 1. The highest BCUT2D eigenvalue weighted by Gasteiger charge is 2.29. The van der Waals surface area contributed by atoms with Gasteiger partial charge in [0, 0.05) is 17.5 Å². The minimum absolute atomic E-state index is 0.153. The summed E-state index contributed by atoms with van der Waals surface area (Å²) in [5.41, 5.74) is 6.45. The summed E-state index contributed by atoms with van der Waals surface area (Å²) in [7, 11) is 0. The molecule has 2 heterocycles. The first-order chi connectivity index (χ1) is 12.6. The van der Waals surface area contributed by atoms with Gasteiger partial charge in [-0.2, -0.15) is 0 Å². The lowest BCUT2D eigenvalue weighted by atomic mass is 10.0. The lowest BCUT2D eigenvalue weighted by Crippen LogP contribution is -2.09. The molecule has 26 heavy (non-hydrogen) atoms. The number of H-pyrrole nitrogens is 1. The summed E-state index contributed by atoms with van der Waals surface area (Å²) in [5, 5.41) is 0.567. The number of hydrogen-bond acceptors (Lipinski definition) is 4. The standard InChI is InChI=1S/C21H20N2O2S/c1-13-3-7-15(8-4-13)18-19(16-9-5-14(2)6-10-16)23-21(22-18)26-17-11-12-25-20(17)24/h3-10,17H,11-12H2,1-2H3,(H,22,23)/t17-/m1/s1. The number of carbonyl (C=O) groups excluding carboxylic acids is 1. The predicted octanol–water partition coefficient (Wildman–Crippen LogP) is 4.77. The molecule has 0 saturated carbocycles. The summed E-state index contributed by atoms with van der Waals surface area (Å²) in [4.78, 5) is 20.0. The molecule has 4 rings (SSSR count). The third-order valence-corrected chi connectivity index (χ3v) is 5.62. The van der Waals surface area contributed by atoms with E-state index in [0.717, 1.165) is 34.1 Å². The van der Waals surface area contributed by atoms with Gasteiger partial charge in [0.2, 0.25) is 0 Å². The number of aryl methyl sites for hydroxylation is 2. The van der Waals surface area contributed by atoms with Crippen molar-refractivity contribution in [1.82, 2.24) is 9.97 Å². The molecule has 1 saturated heterocycles. The molecule has 0 aliphatic carbocycles. The molecule has 0 amide bonds. The number of imidazole rings is 1. The summed E-state index contributed by atoms with van der Waals surface area (Å²) < 4.78 is 5.07. The van der Waals surface area contributed by atoms with Gasteiger partial charge in [0.25, 0.3) is 0 Å². The van der Waals surface area contributed by atoms with Crippen molar-refractivity contribution < 1.29 is 9.53 Å². The molecule has 1 aliphatic heterocycles. The Morgan fingerprint density at radius 1 is 1.00 bits per heavy atom. The molecule has 1 atom stereocenters. The van der Waals surface area contributed by atoms with Crippen molar-refractivity contribution in [3.05, 3.63) is 59.7 Å². The van der Waals surface area contributed by atoms with Crippen molar-refractivity contribution in [1.29, 1.82) is 0 Å². The van der Waals surface area contributed by atoms with Crippen molar-refractivity contribution in [2.24, 2.45) is 0 Å². The van der Waals surface area contributed by atoms with Crippen LogP contribution in [0.4, 0.5) is 0 Å². The van der Waals surface area contributed by atoms with Crippen LogP contribution in [0.25, 0.3) is 22.5 Å². The molecule has 1 aromatic heterocycles. The van der Waals surface area contributed by atoms with Gasteiger partial charge in [-0.1, -0.05) is 71.4 Å². The number of ether oxygens (including phenoxy) is 1. The number of nitrogens with zero attached hydrogens (tertiary/aromatic N) is 1. The van der Waals surface area contributed by atoms with Crippen LogP contribution in [0.5, 0.6) is 0 Å². The number of hydrogen-bond donors (Lipinski definition) is 1.